The zero-order chi connectivity index (χ0) is 98.3. The van der Waals surface area contributed by atoms with Gasteiger partial charge < -0.3 is 127 Å². The molecule has 19 amide bonds. The first-order chi connectivity index (χ1) is 60.3. The highest BCUT2D eigenvalue weighted by molar-refractivity contribution is 6.02. The zero-order valence-electron chi connectivity index (χ0n) is 77.1. The number of hydrogen-bond donors (Lipinski definition) is 24. The van der Waals surface area contributed by atoms with Gasteiger partial charge in [0.15, 0.2) is 0 Å². The Kier molecular flexibility index (Phi) is 48.3. The van der Waals surface area contributed by atoms with Gasteiger partial charge in [-0.1, -0.05) is 121 Å². The molecule has 722 valence electrons. The molecule has 0 saturated carbocycles. The summed E-state index contributed by atoms with van der Waals surface area (Å²) in [5, 5.41) is 76.6. The van der Waals surface area contributed by atoms with Gasteiger partial charge >= 0.3 is 11.9 Å². The van der Waals surface area contributed by atoms with Crippen LogP contribution in [0.2, 0.25) is 0 Å². The molecule has 0 fully saturated rings. The predicted molar refractivity (Wildman–Crippen MR) is 469 cm³/mol. The van der Waals surface area contributed by atoms with Crippen molar-refractivity contribution in [3.63, 3.8) is 0 Å². The summed E-state index contributed by atoms with van der Waals surface area (Å²) in [5.74, 6) is -21.9. The maximum atomic E-state index is 14.4. The van der Waals surface area contributed by atoms with Crippen molar-refractivity contribution in [1.29, 1.82) is 0 Å². The maximum absolute atomic E-state index is 14.4. The highest BCUT2D eigenvalue weighted by atomic mass is 16.4. The van der Waals surface area contributed by atoms with Crippen molar-refractivity contribution in [1.82, 2.24) is 106 Å². The molecule has 0 aliphatic heterocycles. The Bertz CT molecular complexity index is 4250. The average molecular weight is 1830 g/mol. The number of para-hydroxylation sites is 1. The molecule has 45 nitrogen and oxygen atoms in total. The molecular formula is C84H137N21O24. The molecular weight excluding hydrogens is 1690 g/mol. The van der Waals surface area contributed by atoms with Gasteiger partial charge in [-0.05, 0) is 122 Å². The van der Waals surface area contributed by atoms with E-state index in [1.165, 1.54) is 55.4 Å². The number of amides is 19. The number of carboxylic acid groups (broad SMARTS) is 2. The molecule has 1 aromatic carbocycles. The smallest absolute Gasteiger partial charge is 0.325 e. The van der Waals surface area contributed by atoms with E-state index in [4.69, 9.17) is 10.8 Å². The second-order valence-corrected chi connectivity index (χ2v) is 33.2. The molecule has 2 aromatic rings. The third kappa shape index (κ3) is 37.8. The minimum Gasteiger partial charge on any atom is -0.481 e. The van der Waals surface area contributed by atoms with Crippen LogP contribution in [0.4, 0.5) is 0 Å². The van der Waals surface area contributed by atoms with Crippen LogP contribution >= 0.6 is 0 Å². The van der Waals surface area contributed by atoms with Crippen molar-refractivity contribution in [3.8, 4) is 0 Å². The Balaban J connectivity index is 2.21. The molecule has 45 heteroatoms. The van der Waals surface area contributed by atoms with Crippen LogP contribution in [-0.4, -0.2) is 273 Å². The maximum Gasteiger partial charge on any atom is 0.325 e. The number of aromatic amines is 1. The van der Waals surface area contributed by atoms with Crippen molar-refractivity contribution >= 4 is 135 Å². The quantitative estimate of drug-likeness (QED) is 0.0296. The molecule has 0 aliphatic rings. The van der Waals surface area contributed by atoms with E-state index in [1.807, 2.05) is 0 Å². The molecule has 0 unspecified atom stereocenters. The number of fused-ring (bicyclic) bond motifs is 1. The third-order valence-corrected chi connectivity index (χ3v) is 21.2. The second kappa shape index (κ2) is 55.3. The summed E-state index contributed by atoms with van der Waals surface area (Å²) in [6.07, 6.45) is 0.666. The van der Waals surface area contributed by atoms with Crippen molar-refractivity contribution < 1.29 is 116 Å². The van der Waals surface area contributed by atoms with E-state index in [9.17, 15) is 111 Å². The number of hydrogen-bond acceptors (Lipinski definition) is 23. The van der Waals surface area contributed by atoms with E-state index in [0.29, 0.717) is 22.9 Å². The zero-order valence-corrected chi connectivity index (χ0v) is 77.1. The van der Waals surface area contributed by atoms with Gasteiger partial charge in [-0.25, -0.2) is 0 Å². The Morgan fingerprint density at radius 1 is 0.341 bits per heavy atom. The summed E-state index contributed by atoms with van der Waals surface area (Å²) in [7, 11) is 0. The Hall–Kier alpha value is -12.4. The first-order valence-corrected chi connectivity index (χ1v) is 43.4. The summed E-state index contributed by atoms with van der Waals surface area (Å²) < 4.78 is 0. The van der Waals surface area contributed by atoms with Gasteiger partial charge in [0.05, 0.1) is 25.7 Å². The van der Waals surface area contributed by atoms with Crippen molar-refractivity contribution in [2.75, 3.05) is 19.7 Å². The minimum absolute atomic E-state index is 0.00464. The van der Waals surface area contributed by atoms with E-state index >= 15 is 0 Å². The number of aliphatic hydroxyl groups excluding tert-OH is 1. The molecule has 25 N–H and O–H groups in total. The molecule has 1 aromatic heterocycles. The number of aromatic nitrogens is 1. The van der Waals surface area contributed by atoms with Crippen LogP contribution in [0.25, 0.3) is 10.9 Å². The number of nitrogens with two attached hydrogens (primary N) is 1. The molecule has 20 atom stereocenters. The molecule has 0 radical (unpaired) electrons. The number of nitrogens with one attached hydrogen (secondary N) is 20. The summed E-state index contributed by atoms with van der Waals surface area (Å²) in [5.41, 5.74) is 6.82. The Morgan fingerprint density at radius 2 is 0.674 bits per heavy atom. The molecule has 0 saturated heterocycles. The monoisotopic (exact) mass is 1820 g/mol. The van der Waals surface area contributed by atoms with Crippen LogP contribution < -0.4 is 107 Å². The van der Waals surface area contributed by atoms with Gasteiger partial charge in [-0.3, -0.25) is 101 Å². The van der Waals surface area contributed by atoms with E-state index in [0.717, 1.165) is 0 Å². The topological polar surface area (TPSA) is 690 Å². The standard InChI is InChI=1S/C84H137N21O24/c1-21-41(12)65(82(126)93-46(17)69(113)90-45(16)70(114)94-49(20)84(128)129)105-81(125)64(40(10)11)102-75(119)52(23-3)95-60(107)35-87-68(112)44(15)91-77(121)56(30-31-62(109)110)99-83(127)66(42(13)22-2)104-76(120)54(25-5)98-78(122)57(32-38(6)7)100-74(118)53(24-4)97-71(115)48(19)92-80(124)63(39(8)9)103-79(123)58(33-50-34-86-55-29-27-26-28-51(50)55)96-61(108)36-88-73(117)59(37-106)101-72(116)47(18)89-67(111)43(14)85/h26-29,34,38-49,52-54,56-59,63-66,86,106H,21-25,30-33,35-37,85H2,1-20H3,(H,87,112)(H,88,117)(H,89,111)(H,90,113)(H,91,121)(H,92,124)(H,93,126)(H,94,114)(H,95,107)(H,96,108)(H,97,115)(H,98,122)(H,99,127)(H,100,118)(H,101,116)(H,102,119)(H,103,123)(H,104,120)(H,105,125)(H,109,110)(H,128,129)/t41-,42-,43-,44-,45-,46-,47-,48-,49-,52-,53-,54-,56-,57-,58-,59-,63-,64-,65-,66-/m0/s1. The Labute approximate surface area is 750 Å². The van der Waals surface area contributed by atoms with Gasteiger partial charge in [0.1, 0.15) is 103 Å². The van der Waals surface area contributed by atoms with Gasteiger partial charge in [0.25, 0.3) is 0 Å². The lowest BCUT2D eigenvalue weighted by atomic mass is 9.96. The largest absolute Gasteiger partial charge is 0.481 e. The summed E-state index contributed by atoms with van der Waals surface area (Å²) in [6, 6.07) is -16.9. The van der Waals surface area contributed by atoms with Crippen molar-refractivity contribution in [3.05, 3.63) is 36.0 Å². The number of benzene rings is 1. The fourth-order valence-corrected chi connectivity index (χ4v) is 12.5. The summed E-state index contributed by atoms with van der Waals surface area (Å²) >= 11 is 0. The van der Waals surface area contributed by atoms with Gasteiger partial charge in [-0.15, -0.1) is 0 Å². The Morgan fingerprint density at radius 3 is 1.12 bits per heavy atom. The molecule has 0 aliphatic carbocycles. The second-order valence-electron chi connectivity index (χ2n) is 33.2. The van der Waals surface area contributed by atoms with Gasteiger partial charge in [-0.2, -0.15) is 0 Å². The number of aliphatic hydroxyl groups is 1. The van der Waals surface area contributed by atoms with Crippen molar-refractivity contribution in [2.45, 2.75) is 305 Å². The predicted octanol–water partition coefficient (Wildman–Crippen LogP) is -4.73. The van der Waals surface area contributed by atoms with Crippen LogP contribution in [0.1, 0.15) is 195 Å². The first kappa shape index (κ1) is 113. The van der Waals surface area contributed by atoms with Gasteiger partial charge in [0, 0.05) is 29.9 Å². The SMILES string of the molecule is CC[C@H](NC(=O)CNC(=O)[C@H](C)NC(=O)[C@H](CCC(=O)O)NC(=O)[C@@H](NC(=O)[C@H](CC)NC(=O)[C@H](CC(C)C)NC(=O)[C@H](CC)NC(=O)[C@H](C)NC(=O)[C@@H](NC(=O)[C@H](Cc1c[nH]c2ccccc12)NC(=O)CNC(=O)[C@H](CO)NC(=O)[C@H](C)NC(=O)[C@H](C)N)C(C)C)[C@@H](C)CC)C(=O)N[C@H](C(=O)N[C@H](C(=O)N[C@@H](C)C(=O)N[C@@H](C)C(=O)N[C@@H](C)C(=O)O)[C@@H](C)CC)C(C)C. The molecule has 2 rings (SSSR count). The molecule has 0 spiro atoms. The summed E-state index contributed by atoms with van der Waals surface area (Å²) in [4.78, 5) is 285. The number of rotatable bonds is 56. The lowest BCUT2D eigenvalue weighted by molar-refractivity contribution is -0.141. The van der Waals surface area contributed by atoms with Crippen LogP contribution in [0, 0.1) is 29.6 Å². The van der Waals surface area contributed by atoms with Crippen LogP contribution in [0.15, 0.2) is 30.5 Å². The van der Waals surface area contributed by atoms with Crippen LogP contribution in [-0.2, 0) is 107 Å². The van der Waals surface area contributed by atoms with Crippen molar-refractivity contribution in [2.24, 2.45) is 35.3 Å². The lowest BCUT2D eigenvalue weighted by Crippen LogP contribution is -2.61. The van der Waals surface area contributed by atoms with E-state index < -0.39 is 289 Å². The van der Waals surface area contributed by atoms with E-state index in [2.05, 4.69) is 106 Å². The number of carbonyl (C=O) groups excluding carboxylic acids is 19. The molecule has 129 heavy (non-hydrogen) atoms. The fraction of sp³-hybridized carbons (Fsp3) is 0.655. The van der Waals surface area contributed by atoms with E-state index in [1.54, 1.807) is 114 Å². The number of carboxylic acids is 2. The average Bonchev–Trinajstić information content (AvgIpc) is 1.67. The molecule has 0 bridgehead atoms. The molecule has 1 heterocycles. The highest BCUT2D eigenvalue weighted by Crippen LogP contribution is 2.21. The van der Waals surface area contributed by atoms with Gasteiger partial charge in [0.2, 0.25) is 112 Å². The number of H-pyrrole nitrogens is 1. The third-order valence-electron chi connectivity index (χ3n) is 21.2. The van der Waals surface area contributed by atoms with Crippen LogP contribution in [0.3, 0.4) is 0 Å². The van der Waals surface area contributed by atoms with Crippen LogP contribution in [0.5, 0.6) is 0 Å². The summed E-state index contributed by atoms with van der Waals surface area (Å²) in [6.45, 7) is 27.8. The van der Waals surface area contributed by atoms with E-state index in [-0.39, 0.29) is 44.4 Å². The fourth-order valence-electron chi connectivity index (χ4n) is 12.5. The number of carbonyl (C=O) groups is 21. The highest BCUT2D eigenvalue weighted by Gasteiger charge is 2.40. The normalized spacial score (nSPS) is 15.9. The minimum atomic E-state index is -1.66. The lowest BCUT2D eigenvalue weighted by Gasteiger charge is -2.29. The number of aliphatic carboxylic acids is 2. The first-order valence-electron chi connectivity index (χ1n) is 43.4.